The number of benzene rings is 1. The Kier molecular flexibility index (Phi) is 2.86. The van der Waals surface area contributed by atoms with Crippen molar-refractivity contribution in [3.8, 4) is 0 Å². The zero-order chi connectivity index (χ0) is 14.6. The van der Waals surface area contributed by atoms with Crippen molar-refractivity contribution in [1.82, 2.24) is 10.0 Å². The summed E-state index contributed by atoms with van der Waals surface area (Å²) in [6, 6.07) is 6.70. The third kappa shape index (κ3) is 2.16. The van der Waals surface area contributed by atoms with Gasteiger partial charge >= 0.3 is 0 Å². The van der Waals surface area contributed by atoms with Crippen LogP contribution in [0.3, 0.4) is 0 Å². The molecule has 1 unspecified atom stereocenters. The summed E-state index contributed by atoms with van der Waals surface area (Å²) >= 11 is 0. The van der Waals surface area contributed by atoms with Crippen molar-refractivity contribution in [2.75, 3.05) is 13.1 Å². The number of rotatable bonds is 3. The van der Waals surface area contributed by atoms with Crippen LogP contribution in [-0.4, -0.2) is 29.0 Å². The number of amides is 1. The number of hydrazine groups is 1. The number of carbonyl (C=O) groups excluding carboxylic acids is 1. The summed E-state index contributed by atoms with van der Waals surface area (Å²) in [6.45, 7) is 3.83. The topological polar surface area (TPSA) is 23.6 Å². The molecule has 112 valence electrons. The van der Waals surface area contributed by atoms with E-state index < -0.39 is 0 Å². The Hall–Kier alpha value is -1.42. The Balaban J connectivity index is 1.61. The first-order valence-electron chi connectivity index (χ1n) is 7.91. The maximum Gasteiger partial charge on any atom is 0.244 e. The van der Waals surface area contributed by atoms with E-state index in [-0.39, 0.29) is 23.2 Å². The molecule has 0 bridgehead atoms. The molecule has 0 radical (unpaired) electrons. The second-order valence-electron chi connectivity index (χ2n) is 7.11. The lowest BCUT2D eigenvalue weighted by Crippen LogP contribution is -2.36. The van der Waals surface area contributed by atoms with Gasteiger partial charge in [-0.3, -0.25) is 9.80 Å². The maximum atomic E-state index is 13.5. The molecule has 0 spiro atoms. The van der Waals surface area contributed by atoms with Crippen LogP contribution in [0, 0.1) is 17.2 Å². The normalized spacial score (nSPS) is 32.8. The molecule has 3 fully saturated rings. The van der Waals surface area contributed by atoms with Crippen molar-refractivity contribution in [2.24, 2.45) is 11.3 Å². The molecule has 2 saturated heterocycles. The van der Waals surface area contributed by atoms with E-state index in [0.717, 1.165) is 37.4 Å². The minimum absolute atomic E-state index is 0.00854. The second-order valence-corrected chi connectivity index (χ2v) is 7.11. The molecule has 1 amide bonds. The van der Waals surface area contributed by atoms with Crippen LogP contribution in [-0.2, 0) is 4.79 Å². The summed E-state index contributed by atoms with van der Waals surface area (Å²) in [5.41, 5.74) is 0.675. The van der Waals surface area contributed by atoms with Gasteiger partial charge in [0.05, 0.1) is 11.5 Å². The van der Waals surface area contributed by atoms with Crippen LogP contribution in [0.5, 0.6) is 0 Å². The summed E-state index contributed by atoms with van der Waals surface area (Å²) in [6.07, 6.45) is 4.45. The van der Waals surface area contributed by atoms with Gasteiger partial charge in [0.15, 0.2) is 0 Å². The Bertz CT molecular complexity index is 586. The molecule has 2 heterocycles. The van der Waals surface area contributed by atoms with Gasteiger partial charge in [0.25, 0.3) is 0 Å². The zero-order valence-electron chi connectivity index (χ0n) is 12.4. The van der Waals surface area contributed by atoms with Gasteiger partial charge in [-0.05, 0) is 43.4 Å². The predicted molar refractivity (Wildman–Crippen MR) is 77.6 cm³/mol. The number of hydrogen-bond acceptors (Lipinski definition) is 2. The predicted octanol–water partition coefficient (Wildman–Crippen LogP) is 3.14. The van der Waals surface area contributed by atoms with Crippen molar-refractivity contribution in [1.29, 1.82) is 0 Å². The van der Waals surface area contributed by atoms with E-state index in [1.165, 1.54) is 18.9 Å². The molecule has 2 aliphatic heterocycles. The maximum absolute atomic E-state index is 13.5. The smallest absolute Gasteiger partial charge is 0.244 e. The van der Waals surface area contributed by atoms with Crippen LogP contribution in [0.2, 0.25) is 0 Å². The van der Waals surface area contributed by atoms with Crippen molar-refractivity contribution in [3.05, 3.63) is 35.6 Å². The molecule has 1 aromatic rings. The fourth-order valence-electron chi connectivity index (χ4n) is 4.00. The Labute approximate surface area is 124 Å². The zero-order valence-corrected chi connectivity index (χ0v) is 12.4. The number of halogens is 1. The van der Waals surface area contributed by atoms with Crippen molar-refractivity contribution >= 4 is 5.91 Å². The molecule has 2 atom stereocenters. The molecule has 1 saturated carbocycles. The standard InChI is InChI=1S/C17H21FN2O/c1-17(10-12-5-6-12)11-19-8-7-15(20(19)16(17)21)13-3-2-4-14(18)9-13/h2-4,9,12,15H,5-8,10-11H2,1H3/t15-,17?/m1/s1. The summed E-state index contributed by atoms with van der Waals surface area (Å²) in [7, 11) is 0. The van der Waals surface area contributed by atoms with Gasteiger partial charge in [-0.1, -0.05) is 25.0 Å². The van der Waals surface area contributed by atoms with Crippen LogP contribution >= 0.6 is 0 Å². The van der Waals surface area contributed by atoms with E-state index in [0.29, 0.717) is 0 Å². The van der Waals surface area contributed by atoms with E-state index in [1.54, 1.807) is 12.1 Å². The molecule has 1 aromatic carbocycles. The third-order valence-electron chi connectivity index (χ3n) is 5.19. The quantitative estimate of drug-likeness (QED) is 0.853. The monoisotopic (exact) mass is 288 g/mol. The Morgan fingerprint density at radius 1 is 1.33 bits per heavy atom. The lowest BCUT2D eigenvalue weighted by atomic mass is 9.84. The van der Waals surface area contributed by atoms with Gasteiger partial charge in [-0.25, -0.2) is 9.40 Å². The molecule has 0 N–H and O–H groups in total. The lowest BCUT2D eigenvalue weighted by molar-refractivity contribution is -0.143. The highest BCUT2D eigenvalue weighted by atomic mass is 19.1. The fraction of sp³-hybridized carbons (Fsp3) is 0.588. The van der Waals surface area contributed by atoms with Crippen LogP contribution in [0.4, 0.5) is 4.39 Å². The minimum atomic E-state index is -0.243. The van der Waals surface area contributed by atoms with Crippen LogP contribution < -0.4 is 0 Å². The van der Waals surface area contributed by atoms with E-state index in [2.05, 4.69) is 11.9 Å². The third-order valence-corrected chi connectivity index (χ3v) is 5.19. The average molecular weight is 288 g/mol. The van der Waals surface area contributed by atoms with E-state index in [1.807, 2.05) is 11.1 Å². The number of fused-ring (bicyclic) bond motifs is 1. The van der Waals surface area contributed by atoms with Crippen LogP contribution in [0.15, 0.2) is 24.3 Å². The van der Waals surface area contributed by atoms with Gasteiger partial charge in [-0.15, -0.1) is 0 Å². The average Bonchev–Trinajstić information content (AvgIpc) is 3.09. The highest BCUT2D eigenvalue weighted by Crippen LogP contribution is 2.48. The first kappa shape index (κ1) is 13.3. The van der Waals surface area contributed by atoms with E-state index in [4.69, 9.17) is 0 Å². The van der Waals surface area contributed by atoms with Crippen molar-refractivity contribution in [2.45, 2.75) is 38.6 Å². The van der Waals surface area contributed by atoms with Crippen molar-refractivity contribution < 1.29 is 9.18 Å². The van der Waals surface area contributed by atoms with Crippen LogP contribution in [0.1, 0.15) is 44.2 Å². The molecular formula is C17H21FN2O. The summed E-state index contributed by atoms with van der Waals surface area (Å²) < 4.78 is 13.5. The van der Waals surface area contributed by atoms with Gasteiger partial charge in [0.2, 0.25) is 5.91 Å². The highest BCUT2D eigenvalue weighted by molar-refractivity contribution is 5.85. The van der Waals surface area contributed by atoms with Gasteiger partial charge in [0, 0.05) is 13.1 Å². The summed E-state index contributed by atoms with van der Waals surface area (Å²) in [5.74, 6) is 0.757. The van der Waals surface area contributed by atoms with Gasteiger partial charge in [-0.2, -0.15) is 0 Å². The molecule has 1 aliphatic carbocycles. The first-order chi connectivity index (χ1) is 10.1. The largest absolute Gasteiger partial charge is 0.273 e. The first-order valence-corrected chi connectivity index (χ1v) is 7.91. The Morgan fingerprint density at radius 3 is 2.86 bits per heavy atom. The number of carbonyl (C=O) groups is 1. The van der Waals surface area contributed by atoms with Crippen LogP contribution in [0.25, 0.3) is 0 Å². The lowest BCUT2D eigenvalue weighted by Gasteiger charge is -2.27. The molecule has 0 aromatic heterocycles. The Morgan fingerprint density at radius 2 is 2.14 bits per heavy atom. The minimum Gasteiger partial charge on any atom is -0.273 e. The SMILES string of the molecule is CC1(CC2CC2)CN2CC[C@H](c3cccc(F)c3)N2C1=O. The van der Waals surface area contributed by atoms with Crippen molar-refractivity contribution in [3.63, 3.8) is 0 Å². The molecule has 3 aliphatic rings. The highest BCUT2D eigenvalue weighted by Gasteiger charge is 2.54. The number of hydrogen-bond donors (Lipinski definition) is 0. The molecule has 4 heteroatoms. The second kappa shape index (κ2) is 4.54. The van der Waals surface area contributed by atoms with Gasteiger partial charge < -0.3 is 0 Å². The molecule has 3 nitrogen and oxygen atoms in total. The molecular weight excluding hydrogens is 267 g/mol. The molecule has 21 heavy (non-hydrogen) atoms. The van der Waals surface area contributed by atoms with Gasteiger partial charge in [0.1, 0.15) is 5.82 Å². The van der Waals surface area contributed by atoms with E-state index >= 15 is 0 Å². The fourth-order valence-corrected chi connectivity index (χ4v) is 4.00. The van der Waals surface area contributed by atoms with E-state index in [9.17, 15) is 9.18 Å². The number of nitrogens with zero attached hydrogens (tertiary/aromatic N) is 2. The molecule has 4 rings (SSSR count). The summed E-state index contributed by atoms with van der Waals surface area (Å²) in [4.78, 5) is 12.9. The summed E-state index contributed by atoms with van der Waals surface area (Å²) in [5, 5.41) is 4.09.